The topological polar surface area (TPSA) is 178 Å². The first kappa shape index (κ1) is 25.9. The Bertz CT molecular complexity index is 1280. The Morgan fingerprint density at radius 3 is 2.25 bits per heavy atom. The molecule has 194 valence electrons. The van der Waals surface area contributed by atoms with Crippen LogP contribution in [-0.2, 0) is 19.8 Å². The number of carbonyl (C=O) groups is 3. The van der Waals surface area contributed by atoms with Crippen LogP contribution in [0.25, 0.3) is 5.76 Å². The van der Waals surface area contributed by atoms with Crippen LogP contribution >= 0.6 is 0 Å². The van der Waals surface area contributed by atoms with Crippen molar-refractivity contribution in [1.29, 1.82) is 0 Å². The third kappa shape index (κ3) is 3.18. The van der Waals surface area contributed by atoms with Gasteiger partial charge >= 0.3 is 0 Å². The minimum atomic E-state index is -2.84. The van der Waals surface area contributed by atoms with Crippen LogP contribution in [0.15, 0.2) is 23.0 Å². The number of carbonyl (C=O) groups excluding carboxylic acids is 3. The van der Waals surface area contributed by atoms with E-state index in [1.807, 2.05) is 40.7 Å². The van der Waals surface area contributed by atoms with Crippen LogP contribution in [0.5, 0.6) is 5.75 Å². The number of aliphatic hydroxyl groups is 4. The number of amides is 1. The van der Waals surface area contributed by atoms with Crippen LogP contribution in [0.1, 0.15) is 82.1 Å². The molecule has 3 aliphatic rings. The fourth-order valence-electron chi connectivity index (χ4n) is 6.24. The molecule has 1 saturated carbocycles. The molecular weight excluding hydrogens is 466 g/mol. The molecule has 1 amide bonds. The number of nitrogens with two attached hydrogens (primary N) is 1. The van der Waals surface area contributed by atoms with Crippen molar-refractivity contribution in [3.63, 3.8) is 0 Å². The number of phenols is 1. The standard InChI is InChI=1S/C27H33NO8/c1-9(2)11-7-12(26(4,5)6)20(30)18-15(11)10(3)16-19(22(18)32)24(34)27(36)13(21(16)31)8-14(29)17(23(27)33)25(28)35/h7,9-10,13,16,21,30-33,36H,8H2,1-6H3,(H2,28,35). The maximum atomic E-state index is 13.8. The summed E-state index contributed by atoms with van der Waals surface area (Å²) in [5.41, 5.74) is 2.56. The molecule has 1 aromatic carbocycles. The van der Waals surface area contributed by atoms with Gasteiger partial charge in [0.1, 0.15) is 22.8 Å². The highest BCUT2D eigenvalue weighted by molar-refractivity contribution is 6.23. The summed E-state index contributed by atoms with van der Waals surface area (Å²) in [5, 5.41) is 56.4. The first-order chi connectivity index (χ1) is 16.5. The maximum Gasteiger partial charge on any atom is 0.255 e. The van der Waals surface area contributed by atoms with E-state index in [0.29, 0.717) is 11.1 Å². The predicted octanol–water partition coefficient (Wildman–Crippen LogP) is 2.38. The SMILES string of the molecule is CC(C)c1cc(C(C)(C)C)c(O)c2c1C(C)C1C(=C2O)C(=O)C2(O)C(O)=C(C(N)=O)C(=O)CC2C1O. The average Bonchev–Trinajstić information content (AvgIpc) is 2.75. The van der Waals surface area contributed by atoms with Gasteiger partial charge in [-0.05, 0) is 28.4 Å². The van der Waals surface area contributed by atoms with Crippen LogP contribution in [0.4, 0.5) is 0 Å². The Hall–Kier alpha value is -3.17. The summed E-state index contributed by atoms with van der Waals surface area (Å²) >= 11 is 0. The van der Waals surface area contributed by atoms with E-state index in [1.54, 1.807) is 6.92 Å². The van der Waals surface area contributed by atoms with Crippen LogP contribution in [0.2, 0.25) is 0 Å². The summed E-state index contributed by atoms with van der Waals surface area (Å²) in [7, 11) is 0. The van der Waals surface area contributed by atoms with Gasteiger partial charge in [-0.2, -0.15) is 0 Å². The molecule has 1 aromatic rings. The van der Waals surface area contributed by atoms with E-state index in [2.05, 4.69) is 0 Å². The molecule has 36 heavy (non-hydrogen) atoms. The second kappa shape index (κ2) is 7.91. The summed E-state index contributed by atoms with van der Waals surface area (Å²) in [5.74, 6) is -8.55. The molecule has 0 aromatic heterocycles. The number of fused-ring (bicyclic) bond motifs is 3. The van der Waals surface area contributed by atoms with Gasteiger partial charge in [-0.1, -0.05) is 47.6 Å². The zero-order chi connectivity index (χ0) is 27.2. The Morgan fingerprint density at radius 1 is 1.17 bits per heavy atom. The lowest BCUT2D eigenvalue weighted by Gasteiger charge is -2.51. The summed E-state index contributed by atoms with van der Waals surface area (Å²) in [6, 6.07) is 1.87. The smallest absolute Gasteiger partial charge is 0.255 e. The van der Waals surface area contributed by atoms with Crippen molar-refractivity contribution in [2.45, 2.75) is 76.9 Å². The number of hydrogen-bond acceptors (Lipinski definition) is 8. The van der Waals surface area contributed by atoms with Crippen molar-refractivity contribution in [2.24, 2.45) is 17.6 Å². The van der Waals surface area contributed by atoms with Gasteiger partial charge in [-0.25, -0.2) is 0 Å². The number of Topliss-reactive ketones (excluding diaryl/α,β-unsaturated/α-hetero) is 2. The lowest BCUT2D eigenvalue weighted by atomic mass is 9.55. The molecule has 0 spiro atoms. The highest BCUT2D eigenvalue weighted by Crippen LogP contribution is 2.57. The molecular formula is C27H33NO8. The van der Waals surface area contributed by atoms with E-state index in [4.69, 9.17) is 5.73 Å². The molecule has 5 atom stereocenters. The molecule has 5 unspecified atom stereocenters. The first-order valence-electron chi connectivity index (χ1n) is 12.0. The molecule has 1 fully saturated rings. The van der Waals surface area contributed by atoms with Crippen molar-refractivity contribution < 1.29 is 39.9 Å². The van der Waals surface area contributed by atoms with E-state index in [9.17, 15) is 39.9 Å². The summed E-state index contributed by atoms with van der Waals surface area (Å²) in [6.45, 7) is 11.3. The van der Waals surface area contributed by atoms with Crippen LogP contribution in [0, 0.1) is 11.8 Å². The fourth-order valence-corrected chi connectivity index (χ4v) is 6.24. The minimum Gasteiger partial charge on any atom is -0.508 e. The van der Waals surface area contributed by atoms with Gasteiger partial charge in [0.2, 0.25) is 5.78 Å². The maximum absolute atomic E-state index is 13.8. The van der Waals surface area contributed by atoms with Crippen molar-refractivity contribution >= 4 is 23.2 Å². The third-order valence-corrected chi connectivity index (χ3v) is 8.06. The minimum absolute atomic E-state index is 0.0352. The lowest BCUT2D eigenvalue weighted by molar-refractivity contribution is -0.160. The van der Waals surface area contributed by atoms with E-state index >= 15 is 0 Å². The van der Waals surface area contributed by atoms with Gasteiger partial charge < -0.3 is 31.3 Å². The Balaban J connectivity index is 2.09. The van der Waals surface area contributed by atoms with Gasteiger partial charge in [0, 0.05) is 29.4 Å². The number of rotatable bonds is 2. The summed E-state index contributed by atoms with van der Waals surface area (Å²) in [6.07, 6.45) is -2.14. The summed E-state index contributed by atoms with van der Waals surface area (Å²) in [4.78, 5) is 38.2. The highest BCUT2D eigenvalue weighted by atomic mass is 16.4. The van der Waals surface area contributed by atoms with Crippen molar-refractivity contribution in [1.82, 2.24) is 0 Å². The van der Waals surface area contributed by atoms with E-state index in [1.165, 1.54) is 0 Å². The van der Waals surface area contributed by atoms with E-state index in [0.717, 1.165) is 5.56 Å². The zero-order valence-corrected chi connectivity index (χ0v) is 21.2. The van der Waals surface area contributed by atoms with Crippen LogP contribution < -0.4 is 5.73 Å². The van der Waals surface area contributed by atoms with Gasteiger partial charge in [-0.3, -0.25) is 14.4 Å². The summed E-state index contributed by atoms with van der Waals surface area (Å²) < 4.78 is 0. The van der Waals surface area contributed by atoms with Crippen molar-refractivity contribution in [3.8, 4) is 5.75 Å². The monoisotopic (exact) mass is 499 g/mol. The number of phenolic OH excluding ortho intramolecular Hbond substituents is 1. The second-order valence-electron chi connectivity index (χ2n) is 11.5. The zero-order valence-electron chi connectivity index (χ0n) is 21.2. The van der Waals surface area contributed by atoms with Gasteiger partial charge in [0.25, 0.3) is 5.91 Å². The van der Waals surface area contributed by atoms with Crippen LogP contribution in [0.3, 0.4) is 0 Å². The van der Waals surface area contributed by atoms with E-state index in [-0.39, 0.29) is 22.8 Å². The first-order valence-corrected chi connectivity index (χ1v) is 12.0. The third-order valence-electron chi connectivity index (χ3n) is 8.06. The van der Waals surface area contributed by atoms with Gasteiger partial charge in [0.05, 0.1) is 11.7 Å². The number of hydrogen-bond donors (Lipinski definition) is 6. The van der Waals surface area contributed by atoms with Gasteiger partial charge in [-0.15, -0.1) is 0 Å². The molecule has 0 radical (unpaired) electrons. The number of ketones is 2. The van der Waals surface area contributed by atoms with E-state index < -0.39 is 75.9 Å². The molecule has 0 aliphatic heterocycles. The average molecular weight is 500 g/mol. The number of aromatic hydroxyl groups is 1. The lowest BCUT2D eigenvalue weighted by Crippen LogP contribution is -2.64. The fraction of sp³-hybridized carbons (Fsp3) is 0.519. The normalized spacial score (nSPS) is 30.4. The number of aliphatic hydroxyl groups excluding tert-OH is 3. The number of primary amides is 1. The predicted molar refractivity (Wildman–Crippen MR) is 130 cm³/mol. The van der Waals surface area contributed by atoms with Crippen molar-refractivity contribution in [3.05, 3.63) is 45.2 Å². The Labute approximate surface area is 208 Å². The molecule has 7 N–H and O–H groups in total. The Kier molecular flexibility index (Phi) is 5.70. The molecule has 9 heteroatoms. The molecule has 4 rings (SSSR count). The highest BCUT2D eigenvalue weighted by Gasteiger charge is 2.65. The molecule has 3 aliphatic carbocycles. The molecule has 0 heterocycles. The van der Waals surface area contributed by atoms with Crippen LogP contribution in [-0.4, -0.2) is 54.7 Å². The second-order valence-corrected chi connectivity index (χ2v) is 11.5. The largest absolute Gasteiger partial charge is 0.508 e. The number of benzene rings is 1. The molecule has 0 saturated heterocycles. The molecule has 0 bridgehead atoms. The van der Waals surface area contributed by atoms with Gasteiger partial charge in [0.15, 0.2) is 11.4 Å². The Morgan fingerprint density at radius 2 is 1.75 bits per heavy atom. The van der Waals surface area contributed by atoms with Crippen molar-refractivity contribution in [2.75, 3.05) is 0 Å². The quantitative estimate of drug-likeness (QED) is 0.336. The molecule has 9 nitrogen and oxygen atoms in total.